The summed E-state index contributed by atoms with van der Waals surface area (Å²) in [6.07, 6.45) is 2.10. The van der Waals surface area contributed by atoms with Gasteiger partial charge in [-0.15, -0.1) is 0 Å². The number of nitrogens with two attached hydrogens (primary N) is 1. The summed E-state index contributed by atoms with van der Waals surface area (Å²) in [6.45, 7) is 2.00. The lowest BCUT2D eigenvalue weighted by Crippen LogP contribution is -2.34. The third-order valence-electron chi connectivity index (χ3n) is 3.62. The molecule has 1 aromatic carbocycles. The Kier molecular flexibility index (Phi) is 4.33. The molecular weight excluding hydrogens is 228 g/mol. The van der Waals surface area contributed by atoms with Crippen LogP contribution in [0, 0.1) is 5.92 Å². The van der Waals surface area contributed by atoms with Crippen LogP contribution in [0.25, 0.3) is 0 Å². The molecule has 1 fully saturated rings. The van der Waals surface area contributed by atoms with Gasteiger partial charge in [-0.25, -0.2) is 4.79 Å². The van der Waals surface area contributed by atoms with E-state index in [1.54, 1.807) is 6.07 Å². The SMILES string of the molecule is COC(=O)c1ccccc1[C@H](N)C1CCNCC1. The maximum atomic E-state index is 11.7. The van der Waals surface area contributed by atoms with Crippen molar-refractivity contribution in [3.63, 3.8) is 0 Å². The molecule has 0 saturated carbocycles. The standard InChI is InChI=1S/C14H20N2O2/c1-18-14(17)12-5-3-2-4-11(12)13(15)10-6-8-16-9-7-10/h2-5,10,13,16H,6-9,15H2,1H3/t13-/m1/s1. The normalized spacial score (nSPS) is 18.3. The molecule has 0 amide bonds. The lowest BCUT2D eigenvalue weighted by molar-refractivity contribution is 0.0598. The van der Waals surface area contributed by atoms with Crippen LogP contribution in [0.15, 0.2) is 24.3 Å². The van der Waals surface area contributed by atoms with Crippen molar-refractivity contribution in [3.8, 4) is 0 Å². The zero-order chi connectivity index (χ0) is 13.0. The lowest BCUT2D eigenvalue weighted by atomic mass is 9.85. The number of hydrogen-bond donors (Lipinski definition) is 2. The van der Waals surface area contributed by atoms with E-state index in [1.165, 1.54) is 7.11 Å². The molecule has 3 N–H and O–H groups in total. The third kappa shape index (κ3) is 2.71. The summed E-state index contributed by atoms with van der Waals surface area (Å²) >= 11 is 0. The highest BCUT2D eigenvalue weighted by Gasteiger charge is 2.25. The van der Waals surface area contributed by atoms with E-state index in [0.29, 0.717) is 11.5 Å². The number of piperidine rings is 1. The van der Waals surface area contributed by atoms with E-state index >= 15 is 0 Å². The van der Waals surface area contributed by atoms with Crippen LogP contribution < -0.4 is 11.1 Å². The van der Waals surface area contributed by atoms with Crippen LogP contribution in [-0.2, 0) is 4.74 Å². The molecule has 1 heterocycles. The summed E-state index contributed by atoms with van der Waals surface area (Å²) < 4.78 is 4.81. The number of rotatable bonds is 3. The Labute approximate surface area is 108 Å². The Morgan fingerprint density at radius 2 is 2.06 bits per heavy atom. The topological polar surface area (TPSA) is 64.3 Å². The molecule has 0 bridgehead atoms. The van der Waals surface area contributed by atoms with Gasteiger partial charge >= 0.3 is 5.97 Å². The van der Waals surface area contributed by atoms with Crippen LogP contribution in [0.1, 0.15) is 34.8 Å². The number of nitrogens with one attached hydrogen (secondary N) is 1. The van der Waals surface area contributed by atoms with Gasteiger partial charge in [-0.3, -0.25) is 0 Å². The molecule has 1 saturated heterocycles. The molecule has 4 nitrogen and oxygen atoms in total. The van der Waals surface area contributed by atoms with Crippen molar-refractivity contribution < 1.29 is 9.53 Å². The van der Waals surface area contributed by atoms with Gasteiger partial charge in [0.1, 0.15) is 0 Å². The first-order chi connectivity index (χ1) is 8.74. The van der Waals surface area contributed by atoms with E-state index in [0.717, 1.165) is 31.5 Å². The summed E-state index contributed by atoms with van der Waals surface area (Å²) in [4.78, 5) is 11.7. The second-order valence-electron chi connectivity index (χ2n) is 4.69. The molecule has 1 atom stereocenters. The summed E-state index contributed by atoms with van der Waals surface area (Å²) in [5.74, 6) is 0.118. The van der Waals surface area contributed by atoms with Crippen LogP contribution in [0.4, 0.5) is 0 Å². The summed E-state index contributed by atoms with van der Waals surface area (Å²) in [7, 11) is 1.40. The molecule has 18 heavy (non-hydrogen) atoms. The maximum absolute atomic E-state index is 11.7. The first kappa shape index (κ1) is 13.1. The van der Waals surface area contributed by atoms with Crippen LogP contribution in [-0.4, -0.2) is 26.2 Å². The fourth-order valence-corrected chi connectivity index (χ4v) is 2.54. The van der Waals surface area contributed by atoms with E-state index in [1.807, 2.05) is 18.2 Å². The highest BCUT2D eigenvalue weighted by atomic mass is 16.5. The highest BCUT2D eigenvalue weighted by Crippen LogP contribution is 2.29. The van der Waals surface area contributed by atoms with Crippen molar-refractivity contribution in [2.75, 3.05) is 20.2 Å². The maximum Gasteiger partial charge on any atom is 0.338 e. The van der Waals surface area contributed by atoms with Crippen LogP contribution in [0.5, 0.6) is 0 Å². The Balaban J connectivity index is 2.23. The second kappa shape index (κ2) is 5.98. The predicted octanol–water partition coefficient (Wildman–Crippen LogP) is 1.47. The number of esters is 1. The quantitative estimate of drug-likeness (QED) is 0.795. The van der Waals surface area contributed by atoms with Crippen molar-refractivity contribution in [2.24, 2.45) is 11.7 Å². The van der Waals surface area contributed by atoms with Gasteiger partial charge < -0.3 is 15.8 Å². The minimum Gasteiger partial charge on any atom is -0.465 e. The van der Waals surface area contributed by atoms with Crippen molar-refractivity contribution in [1.82, 2.24) is 5.32 Å². The van der Waals surface area contributed by atoms with Crippen molar-refractivity contribution in [2.45, 2.75) is 18.9 Å². The van der Waals surface area contributed by atoms with Crippen LogP contribution in [0.2, 0.25) is 0 Å². The minimum absolute atomic E-state index is 0.0950. The number of benzene rings is 1. The Hall–Kier alpha value is -1.39. The summed E-state index contributed by atoms with van der Waals surface area (Å²) in [6, 6.07) is 7.37. The van der Waals surface area contributed by atoms with Crippen molar-refractivity contribution in [3.05, 3.63) is 35.4 Å². The third-order valence-corrected chi connectivity index (χ3v) is 3.62. The molecule has 98 valence electrons. The monoisotopic (exact) mass is 248 g/mol. The number of methoxy groups -OCH3 is 1. The largest absolute Gasteiger partial charge is 0.465 e. The lowest BCUT2D eigenvalue weighted by Gasteiger charge is -2.29. The molecule has 2 rings (SSSR count). The van der Waals surface area contributed by atoms with Gasteiger partial charge in [0.05, 0.1) is 12.7 Å². The fourth-order valence-electron chi connectivity index (χ4n) is 2.54. The average Bonchev–Trinajstić information content (AvgIpc) is 2.46. The first-order valence-corrected chi connectivity index (χ1v) is 6.37. The average molecular weight is 248 g/mol. The van der Waals surface area contributed by atoms with Gasteiger partial charge in [0.2, 0.25) is 0 Å². The molecule has 0 aromatic heterocycles. The summed E-state index contributed by atoms with van der Waals surface area (Å²) in [5, 5.41) is 3.32. The van der Waals surface area contributed by atoms with E-state index in [9.17, 15) is 4.79 Å². The zero-order valence-electron chi connectivity index (χ0n) is 10.7. The van der Waals surface area contributed by atoms with Crippen molar-refractivity contribution >= 4 is 5.97 Å². The smallest absolute Gasteiger partial charge is 0.338 e. The molecule has 4 heteroatoms. The molecule has 1 aliphatic rings. The molecule has 1 aliphatic heterocycles. The highest BCUT2D eigenvalue weighted by molar-refractivity contribution is 5.91. The van der Waals surface area contributed by atoms with E-state index in [2.05, 4.69) is 5.32 Å². The van der Waals surface area contributed by atoms with E-state index in [-0.39, 0.29) is 12.0 Å². The predicted molar refractivity (Wildman–Crippen MR) is 70.3 cm³/mol. The second-order valence-corrected chi connectivity index (χ2v) is 4.69. The Morgan fingerprint density at radius 3 is 2.72 bits per heavy atom. The Morgan fingerprint density at radius 1 is 1.39 bits per heavy atom. The number of hydrogen-bond acceptors (Lipinski definition) is 4. The molecule has 1 aromatic rings. The number of carbonyl (C=O) groups is 1. The molecule has 0 spiro atoms. The van der Waals surface area contributed by atoms with Gasteiger partial charge in [-0.05, 0) is 43.5 Å². The number of carbonyl (C=O) groups excluding carboxylic acids is 1. The minimum atomic E-state index is -0.310. The fraction of sp³-hybridized carbons (Fsp3) is 0.500. The van der Waals surface area contributed by atoms with E-state index in [4.69, 9.17) is 10.5 Å². The van der Waals surface area contributed by atoms with Gasteiger partial charge in [0.15, 0.2) is 0 Å². The number of ether oxygens (including phenoxy) is 1. The Bertz CT molecular complexity index is 414. The van der Waals surface area contributed by atoms with Gasteiger partial charge in [0.25, 0.3) is 0 Å². The molecule has 0 aliphatic carbocycles. The molecule has 0 unspecified atom stereocenters. The van der Waals surface area contributed by atoms with Gasteiger partial charge in [-0.1, -0.05) is 18.2 Å². The van der Waals surface area contributed by atoms with Crippen LogP contribution in [0.3, 0.4) is 0 Å². The molecular formula is C14H20N2O2. The van der Waals surface area contributed by atoms with Crippen molar-refractivity contribution in [1.29, 1.82) is 0 Å². The van der Waals surface area contributed by atoms with Gasteiger partial charge in [-0.2, -0.15) is 0 Å². The van der Waals surface area contributed by atoms with Gasteiger partial charge in [0, 0.05) is 6.04 Å². The summed E-state index contributed by atoms with van der Waals surface area (Å²) in [5.41, 5.74) is 7.82. The van der Waals surface area contributed by atoms with E-state index < -0.39 is 0 Å². The first-order valence-electron chi connectivity index (χ1n) is 6.37. The molecule has 0 radical (unpaired) electrons. The zero-order valence-corrected chi connectivity index (χ0v) is 10.7. The van der Waals surface area contributed by atoms with Crippen LogP contribution >= 0.6 is 0 Å².